The average molecular weight is 493 g/mol. The lowest BCUT2D eigenvalue weighted by Crippen LogP contribution is -2.42. The molecule has 2 N–H and O–H groups in total. The fourth-order valence-electron chi connectivity index (χ4n) is 3.44. The minimum atomic E-state index is 0.0856. The van der Waals surface area contributed by atoms with Crippen molar-refractivity contribution in [1.82, 2.24) is 10.2 Å². The number of allylic oxidation sites excluding steroid dienone is 2. The van der Waals surface area contributed by atoms with Gasteiger partial charge in [0, 0.05) is 14.9 Å². The number of fused-ring (bicyclic) bond motifs is 2. The molecular weight excluding hydrogens is 459 g/mol. The van der Waals surface area contributed by atoms with Crippen molar-refractivity contribution in [3.63, 3.8) is 0 Å². The maximum atomic E-state index is 6.10. The molecule has 2 aliphatic carbocycles. The molecule has 1 saturated carbocycles. The zero-order valence-corrected chi connectivity index (χ0v) is 20.0. The van der Waals surface area contributed by atoms with E-state index in [1.54, 1.807) is 0 Å². The highest BCUT2D eigenvalue weighted by Gasteiger charge is 2.26. The second-order valence-corrected chi connectivity index (χ2v) is 8.22. The van der Waals surface area contributed by atoms with E-state index >= 15 is 0 Å². The molecule has 186 valence electrons. The second kappa shape index (κ2) is 16.8. The van der Waals surface area contributed by atoms with Crippen LogP contribution in [0.3, 0.4) is 0 Å². The summed E-state index contributed by atoms with van der Waals surface area (Å²) in [4.78, 5) is 0. The summed E-state index contributed by atoms with van der Waals surface area (Å²) in [6, 6.07) is 0.397. The molecule has 0 bridgehead atoms. The van der Waals surface area contributed by atoms with Gasteiger partial charge >= 0.3 is 0 Å². The van der Waals surface area contributed by atoms with Gasteiger partial charge in [-0.05, 0) is 25.3 Å². The summed E-state index contributed by atoms with van der Waals surface area (Å²) in [5.41, 5.74) is 0. The summed E-state index contributed by atoms with van der Waals surface area (Å²) < 4.78 is 37.7. The minimum Gasteiger partial charge on any atom is -0.496 e. The zero-order chi connectivity index (χ0) is 23.5. The van der Waals surface area contributed by atoms with Crippen molar-refractivity contribution in [1.29, 1.82) is 0 Å². The van der Waals surface area contributed by atoms with Gasteiger partial charge in [-0.2, -0.15) is 0 Å². The Bertz CT molecular complexity index is 779. The van der Waals surface area contributed by atoms with Crippen LogP contribution in [0.4, 0.5) is 0 Å². The Balaban J connectivity index is 1.53. The maximum Gasteiger partial charge on any atom is 0.126 e. The molecular formula is C24H33N2O7P. The Morgan fingerprint density at radius 2 is 1.41 bits per heavy atom. The molecule has 1 fully saturated rings. The van der Waals surface area contributed by atoms with Crippen LogP contribution in [0.2, 0.25) is 0 Å². The van der Waals surface area contributed by atoms with Gasteiger partial charge in [-0.3, -0.25) is 10.2 Å². The molecule has 3 aliphatic rings. The van der Waals surface area contributed by atoms with Gasteiger partial charge in [0.05, 0.1) is 18.8 Å². The fourth-order valence-corrected chi connectivity index (χ4v) is 4.48. The van der Waals surface area contributed by atoms with E-state index in [2.05, 4.69) is 16.3 Å². The van der Waals surface area contributed by atoms with Crippen LogP contribution in [0, 0.1) is 0 Å². The van der Waals surface area contributed by atoms with Crippen LogP contribution >= 0.6 is 8.88 Å². The van der Waals surface area contributed by atoms with Crippen molar-refractivity contribution in [2.45, 2.75) is 50.3 Å². The third-order valence-electron chi connectivity index (χ3n) is 5.06. The SMILES string of the molecule is C1=CCC2NPNC3CCCCC3OCCO/C=C\O/C=C\O/C=C\OC=CO/C=C\OC2=C1. The van der Waals surface area contributed by atoms with Crippen molar-refractivity contribution < 1.29 is 33.2 Å². The molecule has 0 aromatic carbocycles. The highest BCUT2D eigenvalue weighted by molar-refractivity contribution is 7.33. The van der Waals surface area contributed by atoms with Crippen LogP contribution in [0.1, 0.15) is 32.1 Å². The lowest BCUT2D eigenvalue weighted by molar-refractivity contribution is -0.00828. The van der Waals surface area contributed by atoms with Crippen LogP contribution in [0.15, 0.2) is 86.6 Å². The maximum absolute atomic E-state index is 6.10. The lowest BCUT2D eigenvalue weighted by Gasteiger charge is -2.33. The summed E-state index contributed by atoms with van der Waals surface area (Å²) in [5, 5.41) is 7.19. The van der Waals surface area contributed by atoms with Gasteiger partial charge in [0.1, 0.15) is 75.0 Å². The first-order valence-electron chi connectivity index (χ1n) is 11.3. The Morgan fingerprint density at radius 3 is 2.18 bits per heavy atom. The van der Waals surface area contributed by atoms with Crippen molar-refractivity contribution >= 4 is 8.88 Å². The van der Waals surface area contributed by atoms with Gasteiger partial charge < -0.3 is 33.2 Å². The third kappa shape index (κ3) is 10.5. The first-order chi connectivity index (χ1) is 16.9. The standard InChI is InChI=1S/C24H33N2O7P/c1-3-7-23-21(5-1)25-34-26-22-6-2-4-8-24(22)33-20-18-31-16-14-29-12-10-27-9-11-28-13-15-30-17-19-32-23/h1,3,7,9-17,19,21-22,24-26,34H,2,4-6,8,18,20H2/b11-9-,12-10-,15-13?,16-14-,19-17-. The van der Waals surface area contributed by atoms with E-state index in [-0.39, 0.29) is 12.1 Å². The van der Waals surface area contributed by atoms with Crippen LogP contribution in [-0.4, -0.2) is 31.4 Å². The van der Waals surface area contributed by atoms with E-state index in [0.29, 0.717) is 28.1 Å². The third-order valence-corrected chi connectivity index (χ3v) is 6.07. The Labute approximate surface area is 202 Å². The molecule has 1 aliphatic heterocycles. The smallest absolute Gasteiger partial charge is 0.126 e. The van der Waals surface area contributed by atoms with Gasteiger partial charge in [0.2, 0.25) is 0 Å². The minimum absolute atomic E-state index is 0.0856. The second-order valence-electron chi connectivity index (χ2n) is 7.39. The molecule has 3 rings (SSSR count). The molecule has 0 aromatic heterocycles. The normalized spacial score (nSPS) is 31.8. The molecule has 4 atom stereocenters. The van der Waals surface area contributed by atoms with E-state index in [1.807, 2.05) is 12.2 Å². The summed E-state index contributed by atoms with van der Waals surface area (Å²) in [6.45, 7) is 0.971. The number of ether oxygens (including phenoxy) is 7. The lowest BCUT2D eigenvalue weighted by atomic mass is 9.93. The Hall–Kier alpha value is -2.71. The van der Waals surface area contributed by atoms with E-state index in [1.165, 1.54) is 75.5 Å². The van der Waals surface area contributed by atoms with Gasteiger partial charge in [0.25, 0.3) is 0 Å². The summed E-state index contributed by atoms with van der Waals surface area (Å²) in [5.74, 6) is 0.831. The van der Waals surface area contributed by atoms with Crippen molar-refractivity contribution in [2.24, 2.45) is 0 Å². The first kappa shape index (κ1) is 25.9. The van der Waals surface area contributed by atoms with Crippen molar-refractivity contribution in [3.05, 3.63) is 86.6 Å². The molecule has 9 nitrogen and oxygen atoms in total. The molecule has 4 unspecified atom stereocenters. The summed E-state index contributed by atoms with van der Waals surface area (Å²) in [6.07, 6.45) is 25.6. The highest BCUT2D eigenvalue weighted by atomic mass is 31.1. The molecule has 0 saturated heterocycles. The predicted octanol–water partition coefficient (Wildman–Crippen LogP) is 4.68. The number of rotatable bonds is 0. The molecule has 1 heterocycles. The molecule has 0 amide bonds. The van der Waals surface area contributed by atoms with Gasteiger partial charge in [-0.1, -0.05) is 25.0 Å². The van der Waals surface area contributed by atoms with Crippen LogP contribution < -0.4 is 10.2 Å². The summed E-state index contributed by atoms with van der Waals surface area (Å²) in [7, 11) is 0.382. The molecule has 0 radical (unpaired) electrons. The molecule has 10 heteroatoms. The van der Waals surface area contributed by atoms with Crippen molar-refractivity contribution in [2.75, 3.05) is 13.2 Å². The number of hydrogen-bond donors (Lipinski definition) is 2. The van der Waals surface area contributed by atoms with E-state index in [0.717, 1.165) is 25.0 Å². The van der Waals surface area contributed by atoms with Crippen LogP contribution in [0.5, 0.6) is 0 Å². The fraction of sp³-hybridized carbons (Fsp3) is 0.417. The highest BCUT2D eigenvalue weighted by Crippen LogP contribution is 2.25. The van der Waals surface area contributed by atoms with Crippen molar-refractivity contribution in [3.8, 4) is 0 Å². The van der Waals surface area contributed by atoms with Crippen LogP contribution in [-0.2, 0) is 33.2 Å². The summed E-state index contributed by atoms with van der Waals surface area (Å²) >= 11 is 0. The topological polar surface area (TPSA) is 88.7 Å². The first-order valence-corrected chi connectivity index (χ1v) is 12.3. The predicted molar refractivity (Wildman–Crippen MR) is 129 cm³/mol. The average Bonchev–Trinajstić information content (AvgIpc) is 2.86. The van der Waals surface area contributed by atoms with Gasteiger partial charge in [-0.15, -0.1) is 0 Å². The Kier molecular flexibility index (Phi) is 12.8. The monoisotopic (exact) mass is 492 g/mol. The largest absolute Gasteiger partial charge is 0.496 e. The molecule has 0 aromatic rings. The van der Waals surface area contributed by atoms with E-state index in [9.17, 15) is 0 Å². The number of hydrogen-bond acceptors (Lipinski definition) is 9. The molecule has 34 heavy (non-hydrogen) atoms. The quantitative estimate of drug-likeness (QED) is 0.468. The van der Waals surface area contributed by atoms with E-state index < -0.39 is 0 Å². The van der Waals surface area contributed by atoms with Crippen LogP contribution in [0.25, 0.3) is 0 Å². The van der Waals surface area contributed by atoms with Gasteiger partial charge in [0.15, 0.2) is 0 Å². The Morgan fingerprint density at radius 1 is 0.735 bits per heavy atom. The van der Waals surface area contributed by atoms with Gasteiger partial charge in [-0.25, -0.2) is 0 Å². The zero-order valence-electron chi connectivity index (χ0n) is 19.0. The number of nitrogens with one attached hydrogen (secondary N) is 2. The molecule has 0 spiro atoms. The van der Waals surface area contributed by atoms with E-state index in [4.69, 9.17) is 33.2 Å².